The van der Waals surface area contributed by atoms with Gasteiger partial charge in [-0.05, 0) is 42.7 Å². The van der Waals surface area contributed by atoms with Crippen molar-refractivity contribution < 1.29 is 9.59 Å². The molecule has 2 N–H and O–H groups in total. The van der Waals surface area contributed by atoms with Crippen molar-refractivity contribution in [3.63, 3.8) is 0 Å². The van der Waals surface area contributed by atoms with E-state index in [1.807, 2.05) is 30.3 Å². The molecule has 3 aromatic rings. The van der Waals surface area contributed by atoms with Crippen LogP contribution in [-0.4, -0.2) is 28.6 Å². The molecule has 2 aromatic carbocycles. The highest BCUT2D eigenvalue weighted by atomic mass is 35.5. The number of rotatable bonds is 3. The van der Waals surface area contributed by atoms with Crippen molar-refractivity contribution in [2.45, 2.75) is 19.8 Å². The lowest BCUT2D eigenvalue weighted by Crippen LogP contribution is -2.33. The monoisotopic (exact) mass is 394 g/mol. The van der Waals surface area contributed by atoms with Crippen molar-refractivity contribution in [3.8, 4) is 11.3 Å². The molecular weight excluding hydrogens is 376 g/mol. The number of aryl methyl sites for hydroxylation is 1. The Bertz CT molecular complexity index is 1060. The van der Waals surface area contributed by atoms with Crippen LogP contribution < -0.4 is 10.2 Å². The maximum absolute atomic E-state index is 12.9. The van der Waals surface area contributed by atoms with E-state index in [1.165, 1.54) is 6.20 Å². The lowest BCUT2D eigenvalue weighted by molar-refractivity contribution is -0.116. The van der Waals surface area contributed by atoms with E-state index in [4.69, 9.17) is 11.6 Å². The largest absolute Gasteiger partial charge is 0.322 e. The molecule has 28 heavy (non-hydrogen) atoms. The van der Waals surface area contributed by atoms with Crippen molar-refractivity contribution in [1.29, 1.82) is 0 Å². The SMILES string of the molecule is CC(=O)N1CCCc2ccc(NC(=O)c3cn[nH]c3-c3cccc(Cl)c3)cc21. The molecule has 1 aliphatic heterocycles. The molecule has 6 nitrogen and oxygen atoms in total. The quantitative estimate of drug-likeness (QED) is 0.695. The summed E-state index contributed by atoms with van der Waals surface area (Å²) in [6, 6.07) is 12.9. The first-order valence-corrected chi connectivity index (χ1v) is 9.42. The number of nitrogens with one attached hydrogen (secondary N) is 2. The molecule has 0 radical (unpaired) electrons. The maximum atomic E-state index is 12.9. The van der Waals surface area contributed by atoms with Crippen LogP contribution in [0.2, 0.25) is 5.02 Å². The lowest BCUT2D eigenvalue weighted by atomic mass is 10.0. The molecule has 4 rings (SSSR count). The number of halogens is 1. The highest BCUT2D eigenvalue weighted by molar-refractivity contribution is 6.30. The second-order valence-corrected chi connectivity index (χ2v) is 7.18. The van der Waals surface area contributed by atoms with Crippen LogP contribution in [0.15, 0.2) is 48.7 Å². The molecular formula is C21H19ClN4O2. The predicted molar refractivity (Wildman–Crippen MR) is 110 cm³/mol. The normalized spacial score (nSPS) is 13.1. The van der Waals surface area contributed by atoms with Gasteiger partial charge in [0.1, 0.15) is 0 Å². The van der Waals surface area contributed by atoms with E-state index in [9.17, 15) is 9.59 Å². The van der Waals surface area contributed by atoms with E-state index < -0.39 is 0 Å². The van der Waals surface area contributed by atoms with E-state index >= 15 is 0 Å². The fourth-order valence-corrected chi connectivity index (χ4v) is 3.69. The third kappa shape index (κ3) is 3.51. The minimum Gasteiger partial charge on any atom is -0.322 e. The van der Waals surface area contributed by atoms with Gasteiger partial charge in [-0.25, -0.2) is 0 Å². The maximum Gasteiger partial charge on any atom is 0.259 e. The zero-order valence-corrected chi connectivity index (χ0v) is 16.1. The molecule has 0 unspecified atom stereocenters. The van der Waals surface area contributed by atoms with Crippen molar-refractivity contribution in [2.75, 3.05) is 16.8 Å². The zero-order chi connectivity index (χ0) is 19.7. The van der Waals surface area contributed by atoms with Crippen LogP contribution >= 0.6 is 11.6 Å². The number of benzene rings is 2. The van der Waals surface area contributed by atoms with Gasteiger partial charge in [-0.2, -0.15) is 5.10 Å². The fraction of sp³-hybridized carbons (Fsp3) is 0.190. The summed E-state index contributed by atoms with van der Waals surface area (Å²) in [6.45, 7) is 2.25. The molecule has 0 fully saturated rings. The average molecular weight is 395 g/mol. The van der Waals surface area contributed by atoms with Gasteiger partial charge in [-0.15, -0.1) is 0 Å². The van der Waals surface area contributed by atoms with Crippen LogP contribution in [0.25, 0.3) is 11.3 Å². The standard InChI is InChI=1S/C21H19ClN4O2/c1-13(27)26-9-3-5-14-7-8-17(11-19(14)26)24-21(28)18-12-23-25-20(18)15-4-2-6-16(22)10-15/h2,4,6-8,10-12H,3,5,9H2,1H3,(H,23,25)(H,24,28). The number of fused-ring (bicyclic) bond motifs is 1. The number of carbonyl (C=O) groups excluding carboxylic acids is 2. The van der Waals surface area contributed by atoms with Crippen molar-refractivity contribution in [3.05, 3.63) is 64.8 Å². The third-order valence-electron chi connectivity index (χ3n) is 4.84. The Kier molecular flexibility index (Phi) is 4.88. The van der Waals surface area contributed by atoms with Gasteiger partial charge in [-0.1, -0.05) is 29.8 Å². The van der Waals surface area contributed by atoms with Gasteiger partial charge in [0.05, 0.1) is 17.5 Å². The number of nitrogens with zero attached hydrogens (tertiary/aromatic N) is 2. The Labute approximate surface area is 167 Å². The molecule has 1 aromatic heterocycles. The molecule has 7 heteroatoms. The number of carbonyl (C=O) groups is 2. The highest BCUT2D eigenvalue weighted by Crippen LogP contribution is 2.31. The van der Waals surface area contributed by atoms with Crippen LogP contribution in [0.1, 0.15) is 29.3 Å². The molecule has 1 aliphatic rings. The van der Waals surface area contributed by atoms with E-state index in [1.54, 1.807) is 24.0 Å². The summed E-state index contributed by atoms with van der Waals surface area (Å²) in [6.07, 6.45) is 3.36. The van der Waals surface area contributed by atoms with Gasteiger partial charge in [0.15, 0.2) is 0 Å². The molecule has 2 amide bonds. The Morgan fingerprint density at radius 2 is 2.07 bits per heavy atom. The van der Waals surface area contributed by atoms with Crippen molar-refractivity contribution >= 4 is 34.8 Å². The van der Waals surface area contributed by atoms with Gasteiger partial charge in [0.25, 0.3) is 5.91 Å². The summed E-state index contributed by atoms with van der Waals surface area (Å²) < 4.78 is 0. The van der Waals surface area contributed by atoms with E-state index in [0.29, 0.717) is 28.5 Å². The van der Waals surface area contributed by atoms with Gasteiger partial charge in [0.2, 0.25) is 5.91 Å². The van der Waals surface area contributed by atoms with Crippen molar-refractivity contribution in [1.82, 2.24) is 10.2 Å². The van der Waals surface area contributed by atoms with Crippen LogP contribution in [0, 0.1) is 0 Å². The summed E-state index contributed by atoms with van der Waals surface area (Å²) in [5.74, 6) is -0.281. The molecule has 142 valence electrons. The first-order chi connectivity index (χ1) is 13.5. The van der Waals surface area contributed by atoms with Gasteiger partial charge in [0, 0.05) is 35.4 Å². The Morgan fingerprint density at radius 1 is 1.21 bits per heavy atom. The number of H-pyrrole nitrogens is 1. The van der Waals surface area contributed by atoms with Gasteiger partial charge < -0.3 is 10.2 Å². The molecule has 0 bridgehead atoms. The molecule has 0 atom stereocenters. The Balaban J connectivity index is 1.61. The van der Waals surface area contributed by atoms with E-state index in [2.05, 4.69) is 15.5 Å². The summed E-state index contributed by atoms with van der Waals surface area (Å²) in [5, 5.41) is 10.4. The molecule has 0 aliphatic carbocycles. The van der Waals surface area contributed by atoms with Gasteiger partial charge >= 0.3 is 0 Å². The Hall–Kier alpha value is -3.12. The number of hydrogen-bond donors (Lipinski definition) is 2. The van der Waals surface area contributed by atoms with Crippen LogP contribution in [-0.2, 0) is 11.2 Å². The van der Waals surface area contributed by atoms with Crippen LogP contribution in [0.3, 0.4) is 0 Å². The number of hydrogen-bond acceptors (Lipinski definition) is 3. The number of amides is 2. The topological polar surface area (TPSA) is 78.1 Å². The van der Waals surface area contributed by atoms with E-state index in [0.717, 1.165) is 29.7 Å². The molecule has 0 saturated carbocycles. The first-order valence-electron chi connectivity index (χ1n) is 9.04. The smallest absolute Gasteiger partial charge is 0.259 e. The number of anilines is 2. The number of aromatic nitrogens is 2. The van der Waals surface area contributed by atoms with Gasteiger partial charge in [-0.3, -0.25) is 14.7 Å². The Morgan fingerprint density at radius 3 is 2.86 bits per heavy atom. The summed E-state index contributed by atoms with van der Waals surface area (Å²) in [5.41, 5.74) is 4.41. The molecule has 0 spiro atoms. The van der Waals surface area contributed by atoms with Crippen LogP contribution in [0.5, 0.6) is 0 Å². The lowest BCUT2D eigenvalue weighted by Gasteiger charge is -2.29. The second kappa shape index (κ2) is 7.48. The summed E-state index contributed by atoms with van der Waals surface area (Å²) in [4.78, 5) is 26.5. The first kappa shape index (κ1) is 18.3. The average Bonchev–Trinajstić information content (AvgIpc) is 3.17. The highest BCUT2D eigenvalue weighted by Gasteiger charge is 2.21. The minimum atomic E-state index is -0.283. The predicted octanol–water partition coefficient (Wildman–Crippen LogP) is 4.28. The van der Waals surface area contributed by atoms with E-state index in [-0.39, 0.29) is 11.8 Å². The van der Waals surface area contributed by atoms with Crippen LogP contribution in [0.4, 0.5) is 11.4 Å². The third-order valence-corrected chi connectivity index (χ3v) is 5.07. The molecule has 2 heterocycles. The second-order valence-electron chi connectivity index (χ2n) is 6.74. The number of aromatic amines is 1. The molecule has 0 saturated heterocycles. The fourth-order valence-electron chi connectivity index (χ4n) is 3.50. The summed E-state index contributed by atoms with van der Waals surface area (Å²) in [7, 11) is 0. The zero-order valence-electron chi connectivity index (χ0n) is 15.3. The minimum absolute atomic E-state index is 0.00232. The van der Waals surface area contributed by atoms with Crippen molar-refractivity contribution in [2.24, 2.45) is 0 Å². The summed E-state index contributed by atoms with van der Waals surface area (Å²) >= 11 is 6.06.